The van der Waals surface area contributed by atoms with E-state index in [1.807, 2.05) is 73.0 Å². The van der Waals surface area contributed by atoms with Gasteiger partial charge in [-0.05, 0) is 67.3 Å². The van der Waals surface area contributed by atoms with Crippen LogP contribution >= 0.6 is 11.3 Å². The van der Waals surface area contributed by atoms with Crippen LogP contribution in [0.15, 0.2) is 72.8 Å². The molecule has 1 saturated carbocycles. The number of halogens is 1. The van der Waals surface area contributed by atoms with Gasteiger partial charge in [0.1, 0.15) is 17.9 Å². The third kappa shape index (κ3) is 13.7. The summed E-state index contributed by atoms with van der Waals surface area (Å²) in [5.41, 5.74) is 7.67. The minimum absolute atomic E-state index is 0.0109. The highest BCUT2D eigenvalue weighted by Gasteiger charge is 2.44. The molecule has 408 valence electrons. The predicted octanol–water partition coefficient (Wildman–Crippen LogP) is 6.73. The van der Waals surface area contributed by atoms with Crippen molar-refractivity contribution < 1.29 is 33.5 Å². The van der Waals surface area contributed by atoms with Crippen molar-refractivity contribution >= 4 is 58.0 Å². The first kappa shape index (κ1) is 54.7. The summed E-state index contributed by atoms with van der Waals surface area (Å²) in [7, 11) is 0. The lowest BCUT2D eigenvalue weighted by molar-refractivity contribution is -0.144. The van der Waals surface area contributed by atoms with E-state index < -0.39 is 29.4 Å². The number of aliphatic hydroxyl groups is 1. The van der Waals surface area contributed by atoms with E-state index in [2.05, 4.69) is 41.4 Å². The first-order chi connectivity index (χ1) is 37.1. The Morgan fingerprint density at radius 3 is 2.34 bits per heavy atom. The Hall–Kier alpha value is -7.10. The smallest absolute Gasteiger partial charge is 0.254 e. The molecule has 2 aromatic carbocycles. The Labute approximate surface area is 451 Å². The second-order valence-corrected chi connectivity index (χ2v) is 22.5. The number of carbonyl (C=O) groups is 5. The Bertz CT molecular complexity index is 3030. The zero-order valence-electron chi connectivity index (χ0n) is 44.3. The minimum Gasteiger partial charge on any atom is -0.391 e. The molecule has 0 radical (unpaired) electrons. The standard InChI is InChI=1S/C56H70FN13O6S/c1-35-49(77-34-61-35)38-14-12-36(13-15-38)27-60-53(74)45-26-41(71)31-70(45)55(76)50(56(2,3)4)66-47(72)11-9-7-5-6-8-10-20-58-48(73)33-67-21-23-68(24-22-67)54(75)39-18-19-43(42(57)25-39)64-51-52-59-30-46(40-28-62-63-29-40)69(52)32-44(65-51)37-16-17-37/h12-15,18-19,25,28-30,32,34,37,41,45,50,71H,5-11,16-17,20-24,26-27,31,33H2,1-4H3,(H,58,73)(H,60,74)(H,62,63)(H,64,65)(H,66,72)/t41-,45+,50+/m0/s1. The van der Waals surface area contributed by atoms with Crippen LogP contribution in [0.5, 0.6) is 0 Å². The molecule has 9 rings (SSSR count). The lowest BCUT2D eigenvalue weighted by atomic mass is 9.85. The van der Waals surface area contributed by atoms with Crippen LogP contribution in [0.3, 0.4) is 0 Å². The molecule has 0 spiro atoms. The molecule has 3 aliphatic rings. The number of anilines is 2. The number of aryl methyl sites for hydroxylation is 1. The summed E-state index contributed by atoms with van der Waals surface area (Å²) in [4.78, 5) is 86.9. The average molecular weight is 1070 g/mol. The Kier molecular flexibility index (Phi) is 17.4. The number of aromatic nitrogens is 6. The fourth-order valence-electron chi connectivity index (χ4n) is 10.1. The first-order valence-electron chi connectivity index (χ1n) is 26.9. The summed E-state index contributed by atoms with van der Waals surface area (Å²) < 4.78 is 17.6. The molecule has 2 aliphatic heterocycles. The van der Waals surface area contributed by atoms with E-state index in [1.165, 1.54) is 11.0 Å². The topological polar surface area (TPSA) is 235 Å². The molecule has 6 heterocycles. The number of rotatable bonds is 22. The third-order valence-electron chi connectivity index (χ3n) is 14.7. The molecular weight excluding hydrogens is 1000 g/mol. The molecule has 6 N–H and O–H groups in total. The van der Waals surface area contributed by atoms with E-state index >= 15 is 4.39 Å². The second-order valence-electron chi connectivity index (χ2n) is 21.7. The summed E-state index contributed by atoms with van der Waals surface area (Å²) in [6.07, 6.45) is 14.0. The number of nitrogens with zero attached hydrogens (tertiary/aromatic N) is 8. The number of amides is 5. The molecule has 0 unspecified atom stereocenters. The highest BCUT2D eigenvalue weighted by Crippen LogP contribution is 2.41. The number of carbonyl (C=O) groups excluding carboxylic acids is 5. The lowest BCUT2D eigenvalue weighted by Gasteiger charge is -2.35. The fraction of sp³-hybridized carbons (Fsp3) is 0.482. The highest BCUT2D eigenvalue weighted by atomic mass is 32.1. The summed E-state index contributed by atoms with van der Waals surface area (Å²) in [6, 6.07) is 10.6. The normalized spacial score (nSPS) is 17.4. The number of imidazole rings is 1. The summed E-state index contributed by atoms with van der Waals surface area (Å²) in [5.74, 6) is -1.13. The third-order valence-corrected chi connectivity index (χ3v) is 15.6. The fourth-order valence-corrected chi connectivity index (χ4v) is 10.9. The van der Waals surface area contributed by atoms with Crippen molar-refractivity contribution in [3.05, 3.63) is 101 Å². The number of benzene rings is 2. The predicted molar refractivity (Wildman–Crippen MR) is 292 cm³/mol. The Balaban J connectivity index is 0.637. The maximum Gasteiger partial charge on any atom is 0.254 e. The number of H-pyrrole nitrogens is 1. The van der Waals surface area contributed by atoms with Crippen molar-refractivity contribution in [2.24, 2.45) is 5.41 Å². The number of unbranched alkanes of at least 4 members (excludes halogenated alkanes) is 5. The van der Waals surface area contributed by atoms with Crippen LogP contribution < -0.4 is 21.3 Å². The molecule has 2 saturated heterocycles. The van der Waals surface area contributed by atoms with E-state index in [4.69, 9.17) is 4.98 Å². The monoisotopic (exact) mass is 1070 g/mol. The van der Waals surface area contributed by atoms with Gasteiger partial charge in [0.25, 0.3) is 5.91 Å². The number of hydrogen-bond acceptors (Lipinski definition) is 13. The van der Waals surface area contributed by atoms with Crippen molar-refractivity contribution in [1.29, 1.82) is 0 Å². The average Bonchev–Trinajstić information content (AvgIpc) is 3.77. The van der Waals surface area contributed by atoms with Gasteiger partial charge in [-0.3, -0.25) is 38.4 Å². The molecule has 21 heteroatoms. The van der Waals surface area contributed by atoms with Gasteiger partial charge < -0.3 is 36.2 Å². The zero-order valence-corrected chi connectivity index (χ0v) is 45.1. The van der Waals surface area contributed by atoms with Crippen LogP contribution in [0, 0.1) is 18.2 Å². The van der Waals surface area contributed by atoms with E-state index in [9.17, 15) is 29.1 Å². The SMILES string of the molecule is Cc1ncsc1-c1ccc(CNC(=O)[C@H]2C[C@H](O)CN2C(=O)[C@@H](NC(=O)CCCCCCCCNC(=O)CN2CCN(C(=O)c3ccc(Nc4nc(C5CC5)cn5c(-c6cn[nH]c6)cnc45)c(F)c3)CC2)C(C)(C)C)cc1. The van der Waals surface area contributed by atoms with E-state index in [-0.39, 0.29) is 73.3 Å². The number of thiazole rings is 1. The number of hydrogen-bond donors (Lipinski definition) is 6. The van der Waals surface area contributed by atoms with Crippen molar-refractivity contribution in [3.63, 3.8) is 0 Å². The summed E-state index contributed by atoms with van der Waals surface area (Å²) >= 11 is 1.57. The zero-order chi connectivity index (χ0) is 54.2. The first-order valence-corrected chi connectivity index (χ1v) is 27.7. The van der Waals surface area contributed by atoms with Crippen LogP contribution in [0.4, 0.5) is 15.9 Å². The molecule has 77 heavy (non-hydrogen) atoms. The van der Waals surface area contributed by atoms with Gasteiger partial charge in [0.05, 0.1) is 58.2 Å². The van der Waals surface area contributed by atoms with Gasteiger partial charge in [-0.2, -0.15) is 5.10 Å². The maximum absolute atomic E-state index is 15.7. The maximum atomic E-state index is 15.7. The van der Waals surface area contributed by atoms with Crippen LogP contribution in [0.2, 0.25) is 0 Å². The number of likely N-dealkylation sites (tertiary alicyclic amines) is 1. The molecule has 1 aliphatic carbocycles. The molecular formula is C56H70FN13O6S. The Morgan fingerprint density at radius 1 is 0.896 bits per heavy atom. The highest BCUT2D eigenvalue weighted by molar-refractivity contribution is 7.13. The van der Waals surface area contributed by atoms with E-state index in [1.54, 1.807) is 47.0 Å². The number of β-amino-alcohol motifs (C(OH)–C–C–N with tert-alkyl or cyclic N) is 1. The van der Waals surface area contributed by atoms with Crippen LogP contribution in [0.25, 0.3) is 27.3 Å². The van der Waals surface area contributed by atoms with Gasteiger partial charge in [0.2, 0.25) is 23.6 Å². The van der Waals surface area contributed by atoms with Gasteiger partial charge in [0, 0.05) is 88.1 Å². The summed E-state index contributed by atoms with van der Waals surface area (Å²) in [6.45, 7) is 10.5. The molecule has 3 fully saturated rings. The van der Waals surface area contributed by atoms with Gasteiger partial charge in [-0.1, -0.05) is 70.7 Å². The minimum atomic E-state index is -0.882. The molecule has 3 atom stereocenters. The molecule has 19 nitrogen and oxygen atoms in total. The second kappa shape index (κ2) is 24.5. The summed E-state index contributed by atoms with van der Waals surface area (Å²) in [5, 5.41) is 29.5. The van der Waals surface area contributed by atoms with E-state index in [0.717, 1.165) is 83.6 Å². The quantitative estimate of drug-likeness (QED) is 0.0389. The van der Waals surface area contributed by atoms with Crippen molar-refractivity contribution in [3.8, 4) is 21.7 Å². The lowest BCUT2D eigenvalue weighted by Crippen LogP contribution is -2.57. The Morgan fingerprint density at radius 2 is 1.65 bits per heavy atom. The van der Waals surface area contributed by atoms with Crippen LogP contribution in [0.1, 0.15) is 118 Å². The number of aromatic amines is 1. The number of piperazine rings is 1. The van der Waals surface area contributed by atoms with Crippen molar-refractivity contribution in [2.45, 2.75) is 123 Å². The van der Waals surface area contributed by atoms with Gasteiger partial charge >= 0.3 is 0 Å². The van der Waals surface area contributed by atoms with Crippen molar-refractivity contribution in [2.75, 3.05) is 51.1 Å². The number of nitrogens with one attached hydrogen (secondary N) is 5. The van der Waals surface area contributed by atoms with Gasteiger partial charge in [-0.15, -0.1) is 11.3 Å². The van der Waals surface area contributed by atoms with Gasteiger partial charge in [0.15, 0.2) is 11.5 Å². The largest absolute Gasteiger partial charge is 0.391 e. The van der Waals surface area contributed by atoms with Crippen LogP contribution in [-0.4, -0.2) is 143 Å². The van der Waals surface area contributed by atoms with Crippen LogP contribution in [-0.2, 0) is 25.7 Å². The van der Waals surface area contributed by atoms with E-state index in [0.29, 0.717) is 56.5 Å². The molecule has 0 bridgehead atoms. The molecule has 4 aromatic heterocycles. The number of aliphatic hydroxyl groups excluding tert-OH is 1. The van der Waals surface area contributed by atoms with Crippen molar-refractivity contribution in [1.82, 2.24) is 60.2 Å². The molecule has 6 aromatic rings. The molecule has 5 amide bonds. The van der Waals surface area contributed by atoms with Gasteiger partial charge in [-0.25, -0.2) is 19.3 Å². The number of fused-ring (bicyclic) bond motifs is 1.